The lowest BCUT2D eigenvalue weighted by molar-refractivity contribution is -0.141. The Kier molecular flexibility index (Phi) is 9.52. The summed E-state index contributed by atoms with van der Waals surface area (Å²) in [5.74, 6) is 0.112. The largest absolute Gasteiger partial charge is 0.493 e. The van der Waals surface area contributed by atoms with Crippen molar-refractivity contribution in [3.63, 3.8) is 0 Å². The fourth-order valence-electron chi connectivity index (χ4n) is 4.48. The Bertz CT molecular complexity index is 1420. The maximum absolute atomic E-state index is 14.0. The average molecular weight is 541 g/mol. The van der Waals surface area contributed by atoms with Crippen LogP contribution in [0.3, 0.4) is 0 Å². The van der Waals surface area contributed by atoms with E-state index in [9.17, 15) is 14.0 Å². The van der Waals surface area contributed by atoms with Gasteiger partial charge in [-0.25, -0.2) is 4.39 Å². The van der Waals surface area contributed by atoms with Gasteiger partial charge in [0.25, 0.3) is 0 Å². The molecule has 0 aliphatic carbocycles. The fraction of sp³-hybridized carbons (Fsp3) is 0.212. The molecule has 206 valence electrons. The number of hydrogen-bond acceptors (Lipinski definition) is 4. The van der Waals surface area contributed by atoms with E-state index in [0.29, 0.717) is 34.7 Å². The second-order valence-corrected chi connectivity index (χ2v) is 9.53. The van der Waals surface area contributed by atoms with E-state index in [2.05, 4.69) is 5.32 Å². The Morgan fingerprint density at radius 1 is 0.800 bits per heavy atom. The van der Waals surface area contributed by atoms with Crippen LogP contribution >= 0.6 is 0 Å². The van der Waals surface area contributed by atoms with Crippen molar-refractivity contribution in [1.29, 1.82) is 0 Å². The van der Waals surface area contributed by atoms with Crippen LogP contribution in [0.5, 0.6) is 11.5 Å². The monoisotopic (exact) mass is 540 g/mol. The van der Waals surface area contributed by atoms with Gasteiger partial charge >= 0.3 is 0 Å². The van der Waals surface area contributed by atoms with E-state index >= 15 is 0 Å². The first-order valence-corrected chi connectivity index (χ1v) is 13.0. The zero-order valence-corrected chi connectivity index (χ0v) is 22.9. The summed E-state index contributed by atoms with van der Waals surface area (Å²) in [6, 6.07) is 27.4. The molecule has 4 aromatic rings. The zero-order valence-electron chi connectivity index (χ0n) is 22.9. The molecule has 0 heterocycles. The van der Waals surface area contributed by atoms with Gasteiger partial charge in [0.2, 0.25) is 11.8 Å². The fourth-order valence-corrected chi connectivity index (χ4v) is 4.48. The van der Waals surface area contributed by atoms with Gasteiger partial charge in [0.05, 0.1) is 20.6 Å². The molecule has 6 nitrogen and oxygen atoms in total. The minimum absolute atomic E-state index is 0.0239. The molecule has 2 amide bonds. The highest BCUT2D eigenvalue weighted by atomic mass is 19.1. The highest BCUT2D eigenvalue weighted by Gasteiger charge is 2.31. The van der Waals surface area contributed by atoms with Crippen LogP contribution < -0.4 is 14.8 Å². The van der Waals surface area contributed by atoms with Crippen LogP contribution in [0, 0.1) is 12.7 Å². The molecule has 0 aliphatic heterocycles. The van der Waals surface area contributed by atoms with Crippen molar-refractivity contribution in [2.24, 2.45) is 0 Å². The van der Waals surface area contributed by atoms with Crippen molar-refractivity contribution in [2.75, 3.05) is 14.2 Å². The van der Waals surface area contributed by atoms with Crippen molar-refractivity contribution >= 4 is 11.8 Å². The smallest absolute Gasteiger partial charge is 0.247 e. The van der Waals surface area contributed by atoms with Crippen molar-refractivity contribution < 1.29 is 23.5 Å². The molecule has 0 fully saturated rings. The Morgan fingerprint density at radius 2 is 1.43 bits per heavy atom. The number of methoxy groups -OCH3 is 2. The standard InChI is InChI=1S/C33H33FN2O4/c1-23-9-11-24(12-10-23)21-35-33(38)32(27-7-5-4-6-8-27)36(22-25-13-16-28(34)17-14-25)31(37)20-26-15-18-29(39-2)30(19-26)40-3/h4-19,32H,20-22H2,1-3H3,(H,35,38). The van der Waals surface area contributed by atoms with Gasteiger partial charge in [-0.3, -0.25) is 9.59 Å². The van der Waals surface area contributed by atoms with Crippen molar-refractivity contribution in [3.8, 4) is 11.5 Å². The molecule has 0 aromatic heterocycles. The molecule has 7 heteroatoms. The molecule has 0 bridgehead atoms. The zero-order chi connectivity index (χ0) is 28.5. The summed E-state index contributed by atoms with van der Waals surface area (Å²) in [6.45, 7) is 2.44. The summed E-state index contributed by atoms with van der Waals surface area (Å²) in [6.07, 6.45) is 0.0239. The van der Waals surface area contributed by atoms with E-state index in [1.807, 2.05) is 61.5 Å². The number of benzene rings is 4. The van der Waals surface area contributed by atoms with E-state index < -0.39 is 6.04 Å². The third kappa shape index (κ3) is 7.26. The lowest BCUT2D eigenvalue weighted by atomic mass is 10.0. The predicted octanol–water partition coefficient (Wildman–Crippen LogP) is 5.78. The third-order valence-corrected chi connectivity index (χ3v) is 6.65. The van der Waals surface area contributed by atoms with Gasteiger partial charge in [-0.1, -0.05) is 78.4 Å². The van der Waals surface area contributed by atoms with Gasteiger partial charge in [0.1, 0.15) is 11.9 Å². The first-order valence-electron chi connectivity index (χ1n) is 13.0. The normalized spacial score (nSPS) is 11.4. The molecular formula is C33H33FN2O4. The molecule has 1 atom stereocenters. The summed E-state index contributed by atoms with van der Waals surface area (Å²) in [5, 5.41) is 3.02. The van der Waals surface area contributed by atoms with Gasteiger partial charge in [-0.05, 0) is 53.4 Å². The van der Waals surface area contributed by atoms with Gasteiger partial charge in [0, 0.05) is 13.1 Å². The number of ether oxygens (including phenoxy) is 2. The highest BCUT2D eigenvalue weighted by Crippen LogP contribution is 2.29. The van der Waals surface area contributed by atoms with Crippen LogP contribution in [0.15, 0.2) is 97.1 Å². The number of amides is 2. The minimum atomic E-state index is -0.913. The van der Waals surface area contributed by atoms with Crippen LogP contribution in [0.2, 0.25) is 0 Å². The molecule has 4 rings (SSSR count). The summed E-state index contributed by atoms with van der Waals surface area (Å²) in [5.41, 5.74) is 4.16. The topological polar surface area (TPSA) is 67.9 Å². The predicted molar refractivity (Wildman–Crippen MR) is 152 cm³/mol. The molecule has 40 heavy (non-hydrogen) atoms. The molecule has 1 unspecified atom stereocenters. The van der Waals surface area contributed by atoms with Gasteiger partial charge < -0.3 is 19.7 Å². The molecule has 0 radical (unpaired) electrons. The van der Waals surface area contributed by atoms with E-state index in [1.165, 1.54) is 19.2 Å². The van der Waals surface area contributed by atoms with Crippen LogP contribution in [-0.2, 0) is 29.1 Å². The molecule has 0 saturated heterocycles. The van der Waals surface area contributed by atoms with Crippen molar-refractivity contribution in [2.45, 2.75) is 32.5 Å². The maximum Gasteiger partial charge on any atom is 0.247 e. The van der Waals surface area contributed by atoms with Crippen LogP contribution in [0.4, 0.5) is 4.39 Å². The second-order valence-electron chi connectivity index (χ2n) is 9.53. The number of hydrogen-bond donors (Lipinski definition) is 1. The van der Waals surface area contributed by atoms with E-state index in [0.717, 1.165) is 11.1 Å². The maximum atomic E-state index is 14.0. The Balaban J connectivity index is 1.68. The number of nitrogens with zero attached hydrogens (tertiary/aromatic N) is 1. The molecule has 4 aromatic carbocycles. The molecule has 1 N–H and O–H groups in total. The number of nitrogens with one attached hydrogen (secondary N) is 1. The highest BCUT2D eigenvalue weighted by molar-refractivity contribution is 5.89. The first kappa shape index (κ1) is 28.4. The molecule has 0 spiro atoms. The van der Waals surface area contributed by atoms with E-state index in [-0.39, 0.29) is 30.6 Å². The molecule has 0 aliphatic rings. The van der Waals surface area contributed by atoms with Crippen LogP contribution in [-0.4, -0.2) is 30.9 Å². The summed E-state index contributed by atoms with van der Waals surface area (Å²) in [7, 11) is 3.08. The van der Waals surface area contributed by atoms with Gasteiger partial charge in [-0.15, -0.1) is 0 Å². The van der Waals surface area contributed by atoms with Crippen LogP contribution in [0.1, 0.15) is 33.9 Å². The number of carbonyl (C=O) groups is 2. The Hall–Kier alpha value is -4.65. The average Bonchev–Trinajstić information content (AvgIpc) is 2.98. The van der Waals surface area contributed by atoms with Gasteiger partial charge in [0.15, 0.2) is 11.5 Å². The summed E-state index contributed by atoms with van der Waals surface area (Å²) < 4.78 is 24.4. The Morgan fingerprint density at radius 3 is 2.08 bits per heavy atom. The molecule has 0 saturated carbocycles. The SMILES string of the molecule is COc1ccc(CC(=O)N(Cc2ccc(F)cc2)C(C(=O)NCc2ccc(C)cc2)c2ccccc2)cc1OC. The van der Waals surface area contributed by atoms with Crippen LogP contribution in [0.25, 0.3) is 0 Å². The number of aryl methyl sites for hydroxylation is 1. The van der Waals surface area contributed by atoms with E-state index in [4.69, 9.17) is 9.47 Å². The minimum Gasteiger partial charge on any atom is -0.493 e. The quantitative estimate of drug-likeness (QED) is 0.262. The number of rotatable bonds is 11. The lowest BCUT2D eigenvalue weighted by Crippen LogP contribution is -2.43. The van der Waals surface area contributed by atoms with Crippen molar-refractivity contribution in [3.05, 3.63) is 131 Å². The second kappa shape index (κ2) is 13.4. The number of carbonyl (C=O) groups excluding carboxylic acids is 2. The van der Waals surface area contributed by atoms with Gasteiger partial charge in [-0.2, -0.15) is 0 Å². The third-order valence-electron chi connectivity index (χ3n) is 6.65. The Labute approximate surface area is 234 Å². The first-order chi connectivity index (χ1) is 19.4. The molecular weight excluding hydrogens is 507 g/mol. The summed E-state index contributed by atoms with van der Waals surface area (Å²) in [4.78, 5) is 29.3. The lowest BCUT2D eigenvalue weighted by Gasteiger charge is -2.32. The van der Waals surface area contributed by atoms with E-state index in [1.54, 1.807) is 42.3 Å². The summed E-state index contributed by atoms with van der Waals surface area (Å²) >= 11 is 0. The number of halogens is 1. The van der Waals surface area contributed by atoms with Crippen molar-refractivity contribution in [1.82, 2.24) is 10.2 Å².